The van der Waals surface area contributed by atoms with Gasteiger partial charge < -0.3 is 31.3 Å². The van der Waals surface area contributed by atoms with Crippen molar-refractivity contribution in [2.45, 2.75) is 55.9 Å². The highest BCUT2D eigenvalue weighted by atomic mass is 35.5. The summed E-state index contributed by atoms with van der Waals surface area (Å²) in [6, 6.07) is 3.39. The number of hydrogen-bond donors (Lipinski definition) is 4. The Balaban J connectivity index is 0.00000272. The number of aliphatic hydroxyl groups is 1. The average molecular weight is 468 g/mol. The summed E-state index contributed by atoms with van der Waals surface area (Å²) in [5, 5.41) is 21.2. The summed E-state index contributed by atoms with van der Waals surface area (Å²) in [4.78, 5) is 11.2. The first-order valence-electron chi connectivity index (χ1n) is 9.88. The van der Waals surface area contributed by atoms with Crippen molar-refractivity contribution < 1.29 is 14.9 Å². The first kappa shape index (κ1) is 23.9. The summed E-state index contributed by atoms with van der Waals surface area (Å²) in [6.07, 6.45) is 3.41. The minimum atomic E-state index is -0.239. The molecule has 8 nitrogen and oxygen atoms in total. The fraction of sp³-hybridized carbons (Fsp3) is 0.524. The van der Waals surface area contributed by atoms with Crippen LogP contribution in [0.4, 0.5) is 11.5 Å². The van der Waals surface area contributed by atoms with Crippen LogP contribution in [0.1, 0.15) is 32.9 Å². The zero-order chi connectivity index (χ0) is 21.5. The van der Waals surface area contributed by atoms with Gasteiger partial charge in [-0.15, -0.1) is 0 Å². The van der Waals surface area contributed by atoms with Crippen molar-refractivity contribution in [3.8, 4) is 5.75 Å². The number of piperidine rings is 1. The van der Waals surface area contributed by atoms with E-state index < -0.39 is 0 Å². The zero-order valence-corrected chi connectivity index (χ0v) is 18.3. The number of nitrogens with zero attached hydrogens (tertiary/aromatic N) is 3. The van der Waals surface area contributed by atoms with Crippen LogP contribution >= 0.6 is 23.4 Å². The maximum atomic E-state index is 10.6. The Morgan fingerprint density at radius 1 is 1.39 bits per heavy atom. The molecule has 2 atom stereocenters. The average Bonchev–Trinajstić information content (AvgIpc) is 3.01. The molecule has 1 spiro atoms. The van der Waals surface area contributed by atoms with Crippen LogP contribution in [0.3, 0.4) is 0 Å². The van der Waals surface area contributed by atoms with Crippen molar-refractivity contribution in [1.29, 1.82) is 0 Å². The Hall–Kier alpha value is -1.78. The van der Waals surface area contributed by atoms with Gasteiger partial charge in [0.1, 0.15) is 16.6 Å². The van der Waals surface area contributed by atoms with Gasteiger partial charge in [0, 0.05) is 41.7 Å². The number of anilines is 2. The molecular weight excluding hydrogens is 438 g/mol. The van der Waals surface area contributed by atoms with Crippen LogP contribution < -0.4 is 16.4 Å². The molecule has 0 saturated carbocycles. The van der Waals surface area contributed by atoms with E-state index in [2.05, 4.69) is 14.9 Å². The molecule has 0 bridgehead atoms. The van der Waals surface area contributed by atoms with Crippen molar-refractivity contribution in [3.05, 3.63) is 29.0 Å². The molecule has 4 heterocycles. The molecule has 2 aromatic heterocycles. The second-order valence-corrected chi connectivity index (χ2v) is 9.35. The Kier molecular flexibility index (Phi) is 7.22. The second kappa shape index (κ2) is 9.38. The highest BCUT2D eigenvalue weighted by Crippen LogP contribution is 2.44. The van der Waals surface area contributed by atoms with Gasteiger partial charge in [-0.3, -0.25) is 0 Å². The summed E-state index contributed by atoms with van der Waals surface area (Å²) in [6.45, 7) is 3.99. The molecule has 31 heavy (non-hydrogen) atoms. The number of rotatable bonds is 4. The molecule has 4 rings (SSSR count). The molecule has 6 N–H and O–H groups in total. The number of nitrogen functional groups attached to an aromatic ring is 1. The standard InChI is InChI=1S/C20H26ClN5O3S.CH4/c1-11-17(22)20(10-29-11)3-6-26(7-4-20)13-8-14(28)19(25-12(13)9-27)30-15-2-5-24-18(23)16(15)21;/h2,5,8,11,17,27-28H,3-4,6-7,9-10,22H2,1H3,(H2,23,24);1H4/t11-,17+;/m0./s1. The van der Waals surface area contributed by atoms with E-state index in [1.807, 2.05) is 6.92 Å². The van der Waals surface area contributed by atoms with E-state index in [9.17, 15) is 10.2 Å². The third-order valence-electron chi connectivity index (χ3n) is 6.21. The van der Waals surface area contributed by atoms with E-state index in [0.717, 1.165) is 31.6 Å². The highest BCUT2D eigenvalue weighted by Gasteiger charge is 2.47. The molecule has 0 aromatic carbocycles. The van der Waals surface area contributed by atoms with Crippen molar-refractivity contribution in [1.82, 2.24) is 9.97 Å². The number of hydrogen-bond acceptors (Lipinski definition) is 9. The van der Waals surface area contributed by atoms with Crippen molar-refractivity contribution in [2.24, 2.45) is 11.1 Å². The SMILES string of the molecule is C.C[C@@H]1OCC2(CCN(c3cc(O)c(Sc4ccnc(N)c4Cl)nc3CO)CC2)[C@@H]1N. The van der Waals surface area contributed by atoms with Crippen LogP contribution in [0, 0.1) is 5.41 Å². The Labute approximate surface area is 192 Å². The molecule has 0 aliphatic carbocycles. The van der Waals surface area contributed by atoms with Gasteiger partial charge >= 0.3 is 0 Å². The molecule has 2 aliphatic heterocycles. The van der Waals surface area contributed by atoms with Gasteiger partial charge in [-0.2, -0.15) is 0 Å². The third kappa shape index (κ3) is 4.42. The predicted molar refractivity (Wildman–Crippen MR) is 124 cm³/mol. The van der Waals surface area contributed by atoms with Gasteiger partial charge in [0.25, 0.3) is 0 Å². The number of pyridine rings is 2. The van der Waals surface area contributed by atoms with Gasteiger partial charge in [0.05, 0.1) is 35.7 Å². The predicted octanol–water partition coefficient (Wildman–Crippen LogP) is 3.03. The number of nitrogens with two attached hydrogens (primary N) is 2. The first-order chi connectivity index (χ1) is 14.3. The normalized spacial score (nSPS) is 22.5. The first-order valence-corrected chi connectivity index (χ1v) is 11.1. The molecule has 2 aromatic rings. The van der Waals surface area contributed by atoms with E-state index in [-0.39, 0.29) is 43.2 Å². The number of aromatic hydroxyl groups is 1. The number of ether oxygens (including phenoxy) is 1. The van der Waals surface area contributed by atoms with Crippen LogP contribution in [0.25, 0.3) is 0 Å². The van der Waals surface area contributed by atoms with Crippen LogP contribution in [0.15, 0.2) is 28.3 Å². The van der Waals surface area contributed by atoms with E-state index in [1.54, 1.807) is 18.3 Å². The van der Waals surface area contributed by atoms with Crippen LogP contribution in [0.5, 0.6) is 5.75 Å². The zero-order valence-electron chi connectivity index (χ0n) is 16.7. The van der Waals surface area contributed by atoms with Gasteiger partial charge in [-0.1, -0.05) is 30.8 Å². The van der Waals surface area contributed by atoms with E-state index in [1.165, 1.54) is 11.8 Å². The Morgan fingerprint density at radius 3 is 2.71 bits per heavy atom. The van der Waals surface area contributed by atoms with Crippen molar-refractivity contribution in [2.75, 3.05) is 30.3 Å². The van der Waals surface area contributed by atoms with Crippen molar-refractivity contribution >= 4 is 34.9 Å². The topological polar surface area (TPSA) is 131 Å². The lowest BCUT2D eigenvalue weighted by Gasteiger charge is -2.42. The minimum Gasteiger partial charge on any atom is -0.505 e. The molecule has 0 radical (unpaired) electrons. The lowest BCUT2D eigenvalue weighted by atomic mass is 9.73. The number of halogens is 1. The summed E-state index contributed by atoms with van der Waals surface area (Å²) < 4.78 is 5.79. The van der Waals surface area contributed by atoms with Gasteiger partial charge in [0.2, 0.25) is 0 Å². The smallest absolute Gasteiger partial charge is 0.150 e. The summed E-state index contributed by atoms with van der Waals surface area (Å²) in [5.74, 6) is 0.235. The molecule has 170 valence electrons. The third-order valence-corrected chi connectivity index (χ3v) is 7.77. The van der Waals surface area contributed by atoms with Gasteiger partial charge in [0.15, 0.2) is 0 Å². The van der Waals surface area contributed by atoms with Crippen LogP contribution in [-0.2, 0) is 11.3 Å². The largest absolute Gasteiger partial charge is 0.505 e. The summed E-state index contributed by atoms with van der Waals surface area (Å²) in [7, 11) is 0. The highest BCUT2D eigenvalue weighted by molar-refractivity contribution is 7.99. The maximum absolute atomic E-state index is 10.6. The van der Waals surface area contributed by atoms with E-state index >= 15 is 0 Å². The number of aromatic nitrogens is 2. The van der Waals surface area contributed by atoms with Gasteiger partial charge in [-0.25, -0.2) is 9.97 Å². The second-order valence-electron chi connectivity index (χ2n) is 7.94. The minimum absolute atomic E-state index is 0. The fourth-order valence-electron chi connectivity index (χ4n) is 4.27. The lowest BCUT2D eigenvalue weighted by molar-refractivity contribution is 0.0974. The molecule has 2 fully saturated rings. The Morgan fingerprint density at radius 2 is 2.10 bits per heavy atom. The fourth-order valence-corrected chi connectivity index (χ4v) is 5.35. The van der Waals surface area contributed by atoms with E-state index in [4.69, 9.17) is 27.8 Å². The number of aliphatic hydroxyl groups excluding tert-OH is 1. The Bertz CT molecular complexity index is 939. The van der Waals surface area contributed by atoms with Crippen LogP contribution in [-0.4, -0.2) is 52.0 Å². The molecule has 10 heteroatoms. The van der Waals surface area contributed by atoms with Crippen molar-refractivity contribution in [3.63, 3.8) is 0 Å². The lowest BCUT2D eigenvalue weighted by Crippen LogP contribution is -2.50. The summed E-state index contributed by atoms with van der Waals surface area (Å²) >= 11 is 7.39. The monoisotopic (exact) mass is 467 g/mol. The maximum Gasteiger partial charge on any atom is 0.150 e. The molecule has 2 aliphatic rings. The van der Waals surface area contributed by atoms with Crippen LogP contribution in [0.2, 0.25) is 5.02 Å². The molecule has 2 saturated heterocycles. The summed E-state index contributed by atoms with van der Waals surface area (Å²) in [5.41, 5.74) is 13.4. The molecular formula is C21H30ClN5O3S. The van der Waals surface area contributed by atoms with E-state index in [0.29, 0.717) is 27.2 Å². The van der Waals surface area contributed by atoms with Gasteiger partial charge in [-0.05, 0) is 25.8 Å². The quantitative estimate of drug-likeness (QED) is 0.535. The molecule has 0 unspecified atom stereocenters. The molecule has 0 amide bonds.